The van der Waals surface area contributed by atoms with Crippen molar-refractivity contribution >= 4 is 17.7 Å². The number of carbonyl (C=O) groups is 3. The number of allylic oxidation sites excluding steroid dienone is 2. The van der Waals surface area contributed by atoms with Crippen molar-refractivity contribution in [2.75, 3.05) is 0 Å². The summed E-state index contributed by atoms with van der Waals surface area (Å²) in [5.41, 5.74) is -0.261. The minimum absolute atomic E-state index is 0.0680. The van der Waals surface area contributed by atoms with Gasteiger partial charge >= 0.3 is 11.9 Å². The topological polar surface area (TPSA) is 121 Å². The Kier molecular flexibility index (Phi) is 9.38. The van der Waals surface area contributed by atoms with Gasteiger partial charge in [0, 0.05) is 12.8 Å². The number of hydrogen-bond acceptors (Lipinski definition) is 6. The van der Waals surface area contributed by atoms with Gasteiger partial charge in [0.1, 0.15) is 23.4 Å². The number of esters is 1. The van der Waals surface area contributed by atoms with E-state index in [9.17, 15) is 29.7 Å². The fraction of sp³-hybridized carbons (Fsp3) is 0.667. The van der Waals surface area contributed by atoms with Gasteiger partial charge in [0.15, 0.2) is 5.78 Å². The predicted molar refractivity (Wildman–Crippen MR) is 104 cm³/mol. The van der Waals surface area contributed by atoms with E-state index in [1.165, 1.54) is 6.08 Å². The lowest BCUT2D eigenvalue weighted by molar-refractivity contribution is -0.150. The van der Waals surface area contributed by atoms with E-state index in [2.05, 4.69) is 0 Å². The van der Waals surface area contributed by atoms with E-state index in [-0.39, 0.29) is 36.0 Å². The molecule has 1 rings (SSSR count). The highest BCUT2D eigenvalue weighted by Crippen LogP contribution is 2.23. The first-order valence-corrected chi connectivity index (χ1v) is 9.82. The molecule has 1 fully saturated rings. The molecule has 1 heterocycles. The lowest BCUT2D eigenvalue weighted by atomic mass is 9.89. The molecule has 0 amide bonds. The number of aliphatic hydroxyl groups excluding tert-OH is 2. The van der Waals surface area contributed by atoms with Crippen molar-refractivity contribution < 1.29 is 34.4 Å². The minimum atomic E-state index is -1.07. The van der Waals surface area contributed by atoms with Gasteiger partial charge in [-0.25, -0.2) is 4.79 Å². The summed E-state index contributed by atoms with van der Waals surface area (Å²) in [6.45, 7) is 7.26. The Hall–Kier alpha value is -2.15. The van der Waals surface area contributed by atoms with Crippen LogP contribution in [-0.2, 0) is 19.1 Å². The van der Waals surface area contributed by atoms with Crippen molar-refractivity contribution in [2.45, 2.75) is 72.0 Å². The maximum Gasteiger partial charge on any atom is 0.345 e. The molecule has 1 saturated heterocycles. The number of carboxylic acids is 1. The zero-order valence-electron chi connectivity index (χ0n) is 17.1. The molecule has 0 aromatic heterocycles. The van der Waals surface area contributed by atoms with Crippen LogP contribution in [0.25, 0.3) is 0 Å². The number of ketones is 1. The lowest BCUT2D eigenvalue weighted by Gasteiger charge is -2.22. The molecule has 7 heteroatoms. The number of rotatable bonds is 10. The van der Waals surface area contributed by atoms with Crippen molar-refractivity contribution in [1.82, 2.24) is 0 Å². The van der Waals surface area contributed by atoms with E-state index in [1.807, 2.05) is 20.8 Å². The van der Waals surface area contributed by atoms with E-state index in [0.29, 0.717) is 19.3 Å². The van der Waals surface area contributed by atoms with Crippen molar-refractivity contribution in [3.05, 3.63) is 23.5 Å². The van der Waals surface area contributed by atoms with Crippen LogP contribution in [-0.4, -0.2) is 45.2 Å². The van der Waals surface area contributed by atoms with Crippen LogP contribution in [0.2, 0.25) is 0 Å². The number of hydrogen-bond donors (Lipinski definition) is 3. The number of carboxylic acid groups (broad SMARTS) is 1. The van der Waals surface area contributed by atoms with Gasteiger partial charge in [-0.2, -0.15) is 0 Å². The molecular weight excluding hydrogens is 373 g/mol. The average molecular weight is 405 g/mol. The van der Waals surface area contributed by atoms with Gasteiger partial charge in [-0.15, -0.1) is 0 Å². The Morgan fingerprint density at radius 3 is 2.50 bits per heavy atom. The number of aliphatic carboxylic acids is 1. The highest BCUT2D eigenvalue weighted by atomic mass is 18.4. The normalized spacial score (nSPS) is 23.8. The van der Waals surface area contributed by atoms with Gasteiger partial charge in [0.05, 0.1) is 6.10 Å². The van der Waals surface area contributed by atoms with Crippen molar-refractivity contribution in [2.24, 2.45) is 17.8 Å². The molecule has 1 aliphatic heterocycles. The number of carbonyl (C=O) groups excluding carboxylic acids is 2. The molecular formula is C21H32O7. The number of cyclic esters (lactones) is 1. The third kappa shape index (κ3) is 6.78. The lowest BCUT2D eigenvalue weighted by Crippen LogP contribution is -2.31. The second-order valence-electron chi connectivity index (χ2n) is 7.71. The first kappa shape index (κ1) is 23.9. The maximum absolute atomic E-state index is 11.9. The minimum Gasteiger partial charge on any atom is -0.511 e. The van der Waals surface area contributed by atoms with Gasteiger partial charge in [-0.3, -0.25) is 9.59 Å². The molecule has 1 aliphatic rings. The van der Waals surface area contributed by atoms with Crippen molar-refractivity contribution in [3.63, 3.8) is 0 Å². The van der Waals surface area contributed by atoms with Crippen LogP contribution in [0.15, 0.2) is 23.5 Å². The third-order valence-corrected chi connectivity index (χ3v) is 5.19. The molecule has 3 N–H and O–H groups in total. The zero-order valence-corrected chi connectivity index (χ0v) is 17.1. The Morgan fingerprint density at radius 1 is 1.32 bits per heavy atom. The standard InChI is InChI=1S/C21H32O7/c1-5-13(3)19(24)15(20(25)26)8-6-7-12(2)9-10-16(22)18-17(23)11-14(4)28-21(18)27/h6,8,12-15,19,22,24H,5,7,9-11H2,1-4H3,(H,25,26)/b8-6+,18-16+/t12-,13-,14+,15+,19+/m0/s1/i14+1,17+1,21+1,23+2,27+2,28+2. The highest BCUT2D eigenvalue weighted by molar-refractivity contribution is 6.19. The Morgan fingerprint density at radius 2 is 1.96 bits per heavy atom. The molecule has 0 aromatic carbocycles. The SMILES string of the molecule is CC[C@H](C)[C@@H](O)[C@@H](/C=C/C[C@H](C)CC/C(O)=C1/[13C](=[18O])C[13C@@H](C)[18O][13C]1=[18O])C(=O)O. The first-order valence-electron chi connectivity index (χ1n) is 9.82. The van der Waals surface area contributed by atoms with E-state index < -0.39 is 35.8 Å². The molecule has 0 aromatic rings. The Bertz CT molecular complexity index is 615. The average Bonchev–Trinajstić information content (AvgIpc) is 2.61. The number of Topliss-reactive ketones (excluding diaryl/α,β-unsaturated/α-hetero) is 1. The van der Waals surface area contributed by atoms with Crippen LogP contribution in [0.5, 0.6) is 0 Å². The van der Waals surface area contributed by atoms with Crippen LogP contribution in [0, 0.1) is 17.8 Å². The fourth-order valence-electron chi connectivity index (χ4n) is 3.06. The zero-order chi connectivity index (χ0) is 21.4. The van der Waals surface area contributed by atoms with Gasteiger partial charge in [-0.05, 0) is 31.6 Å². The third-order valence-electron chi connectivity index (χ3n) is 5.19. The molecule has 0 unspecified atom stereocenters. The van der Waals surface area contributed by atoms with Crippen LogP contribution in [0.1, 0.15) is 59.8 Å². The summed E-state index contributed by atoms with van der Waals surface area (Å²) in [6.07, 6.45) is 3.79. The van der Waals surface area contributed by atoms with E-state index in [1.54, 1.807) is 13.0 Å². The van der Waals surface area contributed by atoms with Gasteiger partial charge in [0.2, 0.25) is 0 Å². The van der Waals surface area contributed by atoms with E-state index in [4.69, 9.17) is 4.74 Å². The molecule has 158 valence electrons. The summed E-state index contributed by atoms with van der Waals surface area (Å²) in [5.74, 6) is -3.51. The summed E-state index contributed by atoms with van der Waals surface area (Å²) in [4.78, 5) is 35.1. The summed E-state index contributed by atoms with van der Waals surface area (Å²) in [6, 6.07) is 0. The molecule has 0 spiro atoms. The van der Waals surface area contributed by atoms with E-state index >= 15 is 0 Å². The maximum atomic E-state index is 11.9. The Balaban J connectivity index is 2.62. The monoisotopic (exact) mass is 405 g/mol. The second kappa shape index (κ2) is 11.0. The highest BCUT2D eigenvalue weighted by Gasteiger charge is 2.32. The molecule has 5 atom stereocenters. The number of ether oxygens (including phenoxy) is 1. The molecule has 0 bridgehead atoms. The first-order chi connectivity index (χ1) is 13.1. The number of aliphatic hydroxyl groups is 2. The van der Waals surface area contributed by atoms with Crippen LogP contribution in [0.3, 0.4) is 0 Å². The summed E-state index contributed by atoms with van der Waals surface area (Å²) < 4.78 is 4.99. The Labute approximate surface area is 166 Å². The smallest absolute Gasteiger partial charge is 0.345 e. The molecule has 0 aliphatic carbocycles. The molecule has 0 saturated carbocycles. The van der Waals surface area contributed by atoms with Crippen molar-refractivity contribution in [1.29, 1.82) is 0 Å². The molecule has 7 nitrogen and oxygen atoms in total. The van der Waals surface area contributed by atoms with Gasteiger partial charge in [0.25, 0.3) is 0 Å². The van der Waals surface area contributed by atoms with Crippen molar-refractivity contribution in [3.8, 4) is 0 Å². The fourth-order valence-corrected chi connectivity index (χ4v) is 3.06. The second-order valence-corrected chi connectivity index (χ2v) is 7.71. The van der Waals surface area contributed by atoms with Crippen LogP contribution >= 0.6 is 0 Å². The van der Waals surface area contributed by atoms with Gasteiger partial charge < -0.3 is 20.1 Å². The van der Waals surface area contributed by atoms with E-state index in [0.717, 1.165) is 0 Å². The quantitative estimate of drug-likeness (QED) is 0.0971. The molecule has 0 radical (unpaired) electrons. The van der Waals surface area contributed by atoms with Crippen LogP contribution in [0.4, 0.5) is 0 Å². The summed E-state index contributed by atoms with van der Waals surface area (Å²) in [5, 5.41) is 29.6. The summed E-state index contributed by atoms with van der Waals surface area (Å²) in [7, 11) is 0. The van der Waals surface area contributed by atoms with Crippen LogP contribution < -0.4 is 0 Å². The van der Waals surface area contributed by atoms with Gasteiger partial charge in [-0.1, -0.05) is 39.3 Å². The largest absolute Gasteiger partial charge is 0.511 e. The molecule has 28 heavy (non-hydrogen) atoms. The summed E-state index contributed by atoms with van der Waals surface area (Å²) >= 11 is 0. The predicted octanol–water partition coefficient (Wildman–Crippen LogP) is 3.17.